The molecule has 9 rings (SSSR count). The summed E-state index contributed by atoms with van der Waals surface area (Å²) in [5.74, 6) is -0.312. The van der Waals surface area contributed by atoms with Crippen molar-refractivity contribution in [3.8, 4) is 6.01 Å². The fourth-order valence-electron chi connectivity index (χ4n) is 7.04. The second-order valence-corrected chi connectivity index (χ2v) is 12.7. The molecule has 7 heterocycles. The first-order valence-electron chi connectivity index (χ1n) is 15.9. The molecule has 1 amide bonds. The summed E-state index contributed by atoms with van der Waals surface area (Å²) in [4.78, 5) is 43.3. The zero-order chi connectivity index (χ0) is 32.2. The number of carbonyl (C=O) groups excluding carboxylic acids is 1. The molecule has 0 aliphatic carbocycles. The third-order valence-electron chi connectivity index (χ3n) is 9.30. The molecule has 47 heavy (non-hydrogen) atoms. The van der Waals surface area contributed by atoms with Gasteiger partial charge in [0.15, 0.2) is 11.4 Å². The number of halogens is 2. The summed E-state index contributed by atoms with van der Waals surface area (Å²) in [6.45, 7) is 1.15. The van der Waals surface area contributed by atoms with Gasteiger partial charge in [-0.15, -0.1) is 0 Å². The number of carbonyl (C=O) groups is 2. The molecule has 5 aromatic rings. The monoisotopic (exact) mass is 662 g/mol. The van der Waals surface area contributed by atoms with Crippen LogP contribution in [-0.2, 0) is 20.7 Å². The number of hydrogen-bond donors (Lipinski definition) is 1. The average Bonchev–Trinajstić information content (AvgIpc) is 3.75. The van der Waals surface area contributed by atoms with E-state index in [0.717, 1.165) is 5.39 Å². The number of benzene rings is 2. The fourth-order valence-corrected chi connectivity index (χ4v) is 7.21. The van der Waals surface area contributed by atoms with Crippen molar-refractivity contribution >= 4 is 62.4 Å². The van der Waals surface area contributed by atoms with Crippen LogP contribution >= 0.6 is 11.6 Å². The molecule has 12 nitrogen and oxygen atoms in total. The highest BCUT2D eigenvalue weighted by molar-refractivity contribution is 6.31. The minimum absolute atomic E-state index is 0.0468. The van der Waals surface area contributed by atoms with Crippen LogP contribution in [0.4, 0.5) is 10.2 Å². The van der Waals surface area contributed by atoms with Gasteiger partial charge in [-0.05, 0) is 43.2 Å². The summed E-state index contributed by atoms with van der Waals surface area (Å²) in [6, 6.07) is 11.2. The molecule has 3 aromatic heterocycles. The number of piperidine rings is 1. The SMILES string of the molecule is O=C(O)[C@@H]1C[C@H]2CN1c1nc(nc3c1oc1ccccc13)CCOCCCC(=O)N1CC[C@@H]([C@@H](F)C1)n1c(nc3cc(Cl)ccc31)O2. The van der Waals surface area contributed by atoms with Gasteiger partial charge in [0.2, 0.25) is 5.91 Å². The Hall–Kier alpha value is -4.49. The van der Waals surface area contributed by atoms with Gasteiger partial charge in [0.1, 0.15) is 35.2 Å². The standard InChI is InChI=1S/C33H32ClFN6O6/c34-18-7-8-24-22(14-18)36-33-41(24)23-9-11-39(17-21(23)35)28(42)6-3-12-45-13-10-27-37-29-20-4-1-2-5-26(20)47-30(29)31(38-27)40-16-19(46-33)15-25(40)32(43)44/h1-2,4-5,7-8,14,19,21,23,25H,3,6,9-13,15-17H2,(H,43,44)/t19-,21-,23-,25-/m0/s1. The van der Waals surface area contributed by atoms with E-state index in [4.69, 9.17) is 40.4 Å². The van der Waals surface area contributed by atoms with Crippen LogP contribution in [0.15, 0.2) is 46.9 Å². The van der Waals surface area contributed by atoms with Gasteiger partial charge in [0.05, 0.1) is 36.8 Å². The summed E-state index contributed by atoms with van der Waals surface area (Å²) >= 11 is 6.30. The van der Waals surface area contributed by atoms with Crippen molar-refractivity contribution < 1.29 is 33.0 Å². The van der Waals surface area contributed by atoms with Crippen molar-refractivity contribution in [2.75, 3.05) is 37.7 Å². The molecule has 0 saturated carbocycles. The molecule has 6 bridgehead atoms. The van der Waals surface area contributed by atoms with Crippen molar-refractivity contribution in [3.63, 3.8) is 0 Å². The number of imidazole rings is 1. The van der Waals surface area contributed by atoms with Crippen molar-refractivity contribution in [2.24, 2.45) is 0 Å². The molecule has 4 aliphatic heterocycles. The Morgan fingerprint density at radius 3 is 2.79 bits per heavy atom. The number of furan rings is 1. The predicted molar refractivity (Wildman–Crippen MR) is 171 cm³/mol. The van der Waals surface area contributed by atoms with Gasteiger partial charge < -0.3 is 28.8 Å². The number of anilines is 1. The van der Waals surface area contributed by atoms with Crippen molar-refractivity contribution in [2.45, 2.75) is 56.5 Å². The number of fused-ring (bicyclic) bond motifs is 12. The molecule has 0 unspecified atom stereocenters. The second kappa shape index (κ2) is 11.9. The van der Waals surface area contributed by atoms with E-state index in [2.05, 4.69) is 0 Å². The van der Waals surface area contributed by atoms with Crippen molar-refractivity contribution in [3.05, 3.63) is 53.3 Å². The van der Waals surface area contributed by atoms with Gasteiger partial charge in [-0.2, -0.15) is 4.98 Å². The van der Waals surface area contributed by atoms with Crippen LogP contribution in [0.5, 0.6) is 6.01 Å². The lowest BCUT2D eigenvalue weighted by Gasteiger charge is -2.36. The third-order valence-corrected chi connectivity index (χ3v) is 9.54. The zero-order valence-electron chi connectivity index (χ0n) is 25.3. The Kier molecular flexibility index (Phi) is 7.60. The van der Waals surface area contributed by atoms with E-state index in [0.29, 0.717) is 83.4 Å². The van der Waals surface area contributed by atoms with Crippen LogP contribution in [0.3, 0.4) is 0 Å². The Morgan fingerprint density at radius 2 is 1.94 bits per heavy atom. The van der Waals surface area contributed by atoms with Gasteiger partial charge in [0, 0.05) is 42.8 Å². The number of ether oxygens (including phenoxy) is 2. The number of hydrogen-bond acceptors (Lipinski definition) is 9. The van der Waals surface area contributed by atoms with Crippen LogP contribution in [0.2, 0.25) is 5.02 Å². The predicted octanol–water partition coefficient (Wildman–Crippen LogP) is 4.95. The first kappa shape index (κ1) is 29.9. The first-order chi connectivity index (χ1) is 22.8. The second-order valence-electron chi connectivity index (χ2n) is 12.3. The largest absolute Gasteiger partial charge is 0.480 e. The normalized spacial score (nSPS) is 24.2. The van der Waals surface area contributed by atoms with Crippen LogP contribution in [0, 0.1) is 0 Å². The first-order valence-corrected chi connectivity index (χ1v) is 16.2. The van der Waals surface area contributed by atoms with Gasteiger partial charge in [-0.25, -0.2) is 19.2 Å². The van der Waals surface area contributed by atoms with Crippen LogP contribution in [-0.4, -0.2) is 92.6 Å². The minimum atomic E-state index is -1.38. The topological polar surface area (TPSA) is 136 Å². The molecular formula is C33H32ClFN6O6. The third kappa shape index (κ3) is 5.40. The molecule has 2 fully saturated rings. The van der Waals surface area contributed by atoms with E-state index < -0.39 is 30.3 Å². The summed E-state index contributed by atoms with van der Waals surface area (Å²) < 4.78 is 36.3. The van der Waals surface area contributed by atoms with E-state index in [1.165, 1.54) is 0 Å². The molecule has 1 N–H and O–H groups in total. The lowest BCUT2D eigenvalue weighted by Crippen LogP contribution is -2.45. The highest BCUT2D eigenvalue weighted by Crippen LogP contribution is 2.39. The number of para-hydroxylation sites is 1. The Morgan fingerprint density at radius 1 is 1.06 bits per heavy atom. The Balaban J connectivity index is 1.23. The van der Waals surface area contributed by atoms with Crippen molar-refractivity contribution in [1.82, 2.24) is 24.4 Å². The maximum absolute atomic E-state index is 16.0. The number of aromatic nitrogens is 4. The van der Waals surface area contributed by atoms with Crippen LogP contribution < -0.4 is 9.64 Å². The quantitative estimate of drug-likeness (QED) is 0.262. The molecule has 2 aromatic carbocycles. The van der Waals surface area contributed by atoms with Gasteiger partial charge in [-0.1, -0.05) is 23.7 Å². The molecule has 244 valence electrons. The number of amides is 1. The lowest BCUT2D eigenvalue weighted by atomic mass is 10.0. The number of carboxylic acid groups (broad SMARTS) is 1. The Labute approximate surface area is 273 Å². The number of alkyl halides is 1. The van der Waals surface area contributed by atoms with Gasteiger partial charge in [-0.3, -0.25) is 9.36 Å². The van der Waals surface area contributed by atoms with E-state index in [9.17, 15) is 14.7 Å². The fraction of sp³-hybridized carbons (Fsp3) is 0.424. The summed E-state index contributed by atoms with van der Waals surface area (Å²) in [5.41, 5.74) is 2.76. The minimum Gasteiger partial charge on any atom is -0.480 e. The molecular weight excluding hydrogens is 631 g/mol. The highest BCUT2D eigenvalue weighted by Gasteiger charge is 2.42. The summed E-state index contributed by atoms with van der Waals surface area (Å²) in [6.07, 6.45) is -0.421. The number of carboxylic acids is 1. The van der Waals surface area contributed by atoms with Gasteiger partial charge in [0.25, 0.3) is 6.01 Å². The molecule has 14 heteroatoms. The summed E-state index contributed by atoms with van der Waals surface area (Å²) in [7, 11) is 0. The maximum Gasteiger partial charge on any atom is 0.326 e. The molecule has 4 aliphatic rings. The average molecular weight is 663 g/mol. The summed E-state index contributed by atoms with van der Waals surface area (Å²) in [5, 5.41) is 11.7. The lowest BCUT2D eigenvalue weighted by molar-refractivity contribution is -0.138. The van der Waals surface area contributed by atoms with Gasteiger partial charge >= 0.3 is 5.97 Å². The number of nitrogens with zero attached hydrogens (tertiary/aromatic N) is 6. The van der Waals surface area contributed by atoms with Crippen LogP contribution in [0.25, 0.3) is 33.1 Å². The van der Waals surface area contributed by atoms with E-state index in [1.807, 2.05) is 24.3 Å². The molecule has 0 spiro atoms. The molecule has 4 atom stereocenters. The maximum atomic E-state index is 16.0. The number of aliphatic carboxylic acids is 1. The van der Waals surface area contributed by atoms with Crippen LogP contribution in [0.1, 0.15) is 37.5 Å². The Bertz CT molecular complexity index is 2020. The van der Waals surface area contributed by atoms with E-state index in [1.54, 1.807) is 32.6 Å². The van der Waals surface area contributed by atoms with Crippen molar-refractivity contribution in [1.29, 1.82) is 0 Å². The highest BCUT2D eigenvalue weighted by atomic mass is 35.5. The zero-order valence-corrected chi connectivity index (χ0v) is 26.1. The smallest absolute Gasteiger partial charge is 0.326 e. The number of rotatable bonds is 1. The molecule has 2 saturated heterocycles. The van der Waals surface area contributed by atoms with E-state index in [-0.39, 0.29) is 37.8 Å². The van der Waals surface area contributed by atoms with E-state index >= 15 is 4.39 Å². The molecule has 0 radical (unpaired) electrons.